The lowest BCUT2D eigenvalue weighted by Crippen LogP contribution is -2.42. The number of ether oxygens (including phenoxy) is 4. The molecule has 0 saturated carbocycles. The predicted octanol–water partition coefficient (Wildman–Crippen LogP) is -2.17. The molecule has 148 valence electrons. The summed E-state index contributed by atoms with van der Waals surface area (Å²) in [6.45, 7) is 0.905. The summed E-state index contributed by atoms with van der Waals surface area (Å²) in [6.07, 6.45) is -3.71. The van der Waals surface area contributed by atoms with Crippen molar-refractivity contribution >= 4 is 17.9 Å². The van der Waals surface area contributed by atoms with Crippen LogP contribution in [0.25, 0.3) is 0 Å². The zero-order valence-corrected chi connectivity index (χ0v) is 14.4. The van der Waals surface area contributed by atoms with E-state index in [1.54, 1.807) is 0 Å². The van der Waals surface area contributed by atoms with Crippen molar-refractivity contribution in [3.05, 3.63) is 33.1 Å². The van der Waals surface area contributed by atoms with Crippen molar-refractivity contribution in [2.24, 2.45) is 0 Å². The molecule has 2 heterocycles. The zero-order valence-electron chi connectivity index (χ0n) is 14.4. The van der Waals surface area contributed by atoms with Gasteiger partial charge in [-0.1, -0.05) is 0 Å². The molecule has 27 heavy (non-hydrogen) atoms. The first kappa shape index (κ1) is 20.3. The summed E-state index contributed by atoms with van der Waals surface area (Å²) >= 11 is 0. The third kappa shape index (κ3) is 5.01. The van der Waals surface area contributed by atoms with E-state index in [0.717, 1.165) is 30.7 Å². The van der Waals surface area contributed by atoms with Crippen LogP contribution in [0.1, 0.15) is 20.1 Å². The summed E-state index contributed by atoms with van der Waals surface area (Å²) in [6, 6.07) is 1.05. The van der Waals surface area contributed by atoms with Crippen LogP contribution in [0.3, 0.4) is 0 Å². The maximum absolute atomic E-state index is 12.1. The maximum atomic E-state index is 12.1. The third-order valence-corrected chi connectivity index (χ3v) is 3.55. The molecule has 1 aliphatic heterocycles. The molecule has 1 fully saturated rings. The van der Waals surface area contributed by atoms with Gasteiger partial charge >= 0.3 is 23.6 Å². The van der Waals surface area contributed by atoms with Crippen molar-refractivity contribution in [2.45, 2.75) is 38.4 Å². The molecule has 0 aromatic carbocycles. The molecule has 12 heteroatoms. The van der Waals surface area contributed by atoms with Gasteiger partial charge in [-0.2, -0.15) is 0 Å². The fourth-order valence-electron chi connectivity index (χ4n) is 2.57. The van der Waals surface area contributed by atoms with Crippen LogP contribution in [-0.4, -0.2) is 64.1 Å². The number of carbonyl (C=O) groups excluding carboxylic acids is 3. The normalized spacial score (nSPS) is 24.3. The van der Waals surface area contributed by atoms with Crippen molar-refractivity contribution in [1.29, 1.82) is 0 Å². The lowest BCUT2D eigenvalue weighted by molar-refractivity contribution is -0.166. The van der Waals surface area contributed by atoms with Crippen LogP contribution in [0.4, 0.5) is 0 Å². The third-order valence-electron chi connectivity index (χ3n) is 3.55. The monoisotopic (exact) mass is 386 g/mol. The van der Waals surface area contributed by atoms with Crippen molar-refractivity contribution < 1.29 is 38.4 Å². The van der Waals surface area contributed by atoms with E-state index in [1.165, 1.54) is 0 Å². The fourth-order valence-corrected chi connectivity index (χ4v) is 2.57. The molecule has 2 N–H and O–H groups in total. The molecule has 0 unspecified atom stereocenters. The zero-order chi connectivity index (χ0) is 20.1. The Morgan fingerprint density at radius 1 is 1.19 bits per heavy atom. The Labute approximate surface area is 151 Å². The van der Waals surface area contributed by atoms with Crippen molar-refractivity contribution in [3.63, 3.8) is 0 Å². The molecular weight excluding hydrogens is 368 g/mol. The van der Waals surface area contributed by atoms with Gasteiger partial charge in [-0.05, 0) is 0 Å². The van der Waals surface area contributed by atoms with Gasteiger partial charge in [0.25, 0.3) is 5.56 Å². The van der Waals surface area contributed by atoms with Gasteiger partial charge in [0.05, 0.1) is 0 Å². The summed E-state index contributed by atoms with van der Waals surface area (Å²) in [5, 5.41) is 8.73. The summed E-state index contributed by atoms with van der Waals surface area (Å²) in [5.41, 5.74) is -1.50. The number of rotatable bonds is 6. The molecule has 0 bridgehead atoms. The summed E-state index contributed by atoms with van der Waals surface area (Å²) in [4.78, 5) is 59.5. The molecule has 1 aromatic heterocycles. The van der Waals surface area contributed by atoms with E-state index in [-0.39, 0.29) is 0 Å². The molecule has 2 rings (SSSR count). The summed E-state index contributed by atoms with van der Waals surface area (Å²) < 4.78 is 21.6. The van der Waals surface area contributed by atoms with E-state index < -0.39 is 66.9 Å². The van der Waals surface area contributed by atoms with E-state index in [4.69, 9.17) is 24.1 Å². The Morgan fingerprint density at radius 2 is 1.81 bits per heavy atom. The number of H-pyrrole nitrogens is 1. The second kappa shape index (κ2) is 8.60. The minimum Gasteiger partial charge on any atom is -0.461 e. The smallest absolute Gasteiger partial charge is 0.331 e. The Morgan fingerprint density at radius 3 is 2.37 bits per heavy atom. The first-order valence-electron chi connectivity index (χ1n) is 7.80. The van der Waals surface area contributed by atoms with Crippen LogP contribution in [0.2, 0.25) is 0 Å². The largest absolute Gasteiger partial charge is 0.461 e. The van der Waals surface area contributed by atoms with Crippen molar-refractivity contribution in [2.75, 3.05) is 13.2 Å². The van der Waals surface area contributed by atoms with Crippen LogP contribution in [0.5, 0.6) is 0 Å². The molecule has 1 saturated heterocycles. The highest BCUT2D eigenvalue weighted by Crippen LogP contribution is 2.33. The highest BCUT2D eigenvalue weighted by molar-refractivity contribution is 5.70. The summed E-state index contributed by atoms with van der Waals surface area (Å²) in [5.74, 6) is -2.42. The van der Waals surface area contributed by atoms with E-state index >= 15 is 0 Å². The van der Waals surface area contributed by atoms with E-state index in [1.807, 2.05) is 4.98 Å². The fraction of sp³-hybridized carbons (Fsp3) is 0.533. The van der Waals surface area contributed by atoms with E-state index in [2.05, 4.69) is 0 Å². The van der Waals surface area contributed by atoms with E-state index in [0.29, 0.717) is 0 Å². The first-order chi connectivity index (χ1) is 12.7. The average molecular weight is 386 g/mol. The Kier molecular flexibility index (Phi) is 6.47. The molecule has 0 radical (unpaired) electrons. The summed E-state index contributed by atoms with van der Waals surface area (Å²) in [7, 11) is 0. The van der Waals surface area contributed by atoms with Crippen LogP contribution in [-0.2, 0) is 33.3 Å². The van der Waals surface area contributed by atoms with Gasteiger partial charge in [0.2, 0.25) is 0 Å². The highest BCUT2D eigenvalue weighted by Gasteiger charge is 2.50. The van der Waals surface area contributed by atoms with Crippen LogP contribution < -0.4 is 11.2 Å². The van der Waals surface area contributed by atoms with Crippen LogP contribution >= 0.6 is 0 Å². The van der Waals surface area contributed by atoms with Gasteiger partial charge < -0.3 is 24.1 Å². The number of esters is 3. The SMILES string of the molecule is CC(=O)O[C@@H]1[C@H](OC(C)=O)[C@@H](COC(=O)CO)O[C@H]1n1ccc(=O)[nH]c1=O. The second-order valence-electron chi connectivity index (χ2n) is 5.57. The predicted molar refractivity (Wildman–Crippen MR) is 84.4 cm³/mol. The molecular formula is C15H18N2O10. The number of aromatic amines is 1. The Balaban J connectivity index is 2.39. The minimum atomic E-state index is -1.26. The van der Waals surface area contributed by atoms with Crippen molar-refractivity contribution in [3.8, 4) is 0 Å². The standard InChI is InChI=1S/C15H18N2O10/c1-7(19)25-12-9(6-24-11(22)5-18)27-14(13(12)26-8(2)20)17-4-3-10(21)16-15(17)23/h3-4,9,12-14,18H,5-6H2,1-2H3,(H,16,21,23)/t9-,12-,13-,14-/m1/s1. The number of hydrogen-bond acceptors (Lipinski definition) is 10. The second-order valence-corrected chi connectivity index (χ2v) is 5.57. The topological polar surface area (TPSA) is 163 Å². The van der Waals surface area contributed by atoms with Crippen molar-refractivity contribution in [1.82, 2.24) is 9.55 Å². The molecule has 0 aliphatic carbocycles. The Bertz CT molecular complexity index is 828. The number of nitrogens with one attached hydrogen (secondary N) is 1. The van der Waals surface area contributed by atoms with Crippen LogP contribution in [0.15, 0.2) is 21.9 Å². The van der Waals surface area contributed by atoms with Gasteiger partial charge in [-0.15, -0.1) is 0 Å². The van der Waals surface area contributed by atoms with Gasteiger partial charge in [0, 0.05) is 26.1 Å². The van der Waals surface area contributed by atoms with Gasteiger partial charge in [0.15, 0.2) is 18.4 Å². The number of aliphatic hydroxyl groups excluding tert-OH is 1. The van der Waals surface area contributed by atoms with Gasteiger partial charge in [-0.25, -0.2) is 9.59 Å². The number of nitrogens with zero attached hydrogens (tertiary/aromatic N) is 1. The number of carbonyl (C=O) groups is 3. The molecule has 0 amide bonds. The molecule has 12 nitrogen and oxygen atoms in total. The minimum absolute atomic E-state index is 0.441. The molecule has 0 spiro atoms. The maximum Gasteiger partial charge on any atom is 0.331 e. The molecule has 1 aliphatic rings. The lowest BCUT2D eigenvalue weighted by atomic mass is 10.1. The number of hydrogen-bond donors (Lipinski definition) is 2. The van der Waals surface area contributed by atoms with E-state index in [9.17, 15) is 24.0 Å². The molecule has 4 atom stereocenters. The number of aliphatic hydroxyl groups is 1. The van der Waals surface area contributed by atoms with Gasteiger partial charge in [0.1, 0.15) is 19.3 Å². The quantitative estimate of drug-likeness (QED) is 0.406. The first-order valence-corrected chi connectivity index (χ1v) is 7.80. The van der Waals surface area contributed by atoms with Crippen LogP contribution in [0, 0.1) is 0 Å². The molecule has 1 aromatic rings. The lowest BCUT2D eigenvalue weighted by Gasteiger charge is -2.23. The van der Waals surface area contributed by atoms with Gasteiger partial charge in [-0.3, -0.25) is 23.9 Å². The Hall–Kier alpha value is -2.99. The highest BCUT2D eigenvalue weighted by atomic mass is 16.7. The number of aromatic nitrogens is 2. The average Bonchev–Trinajstić information content (AvgIpc) is 2.89.